The van der Waals surface area contributed by atoms with Crippen molar-refractivity contribution in [2.75, 3.05) is 18.1 Å². The second kappa shape index (κ2) is 5.85. The molecule has 0 fully saturated rings. The number of hydrogen-bond donors (Lipinski definition) is 1. The molecule has 21 heavy (non-hydrogen) atoms. The standard InChI is InChI=1S/C16H21NO4/c1-16(2,3)21-10-14(18)17-9-5-7-11-12(15(19)20)6-4-8-13(11)17/h4,6,8H,5,7,9-10H2,1-3H3,(H,19,20). The summed E-state index contributed by atoms with van der Waals surface area (Å²) in [5.74, 6) is -1.08. The molecule has 5 nitrogen and oxygen atoms in total. The normalized spacial score (nSPS) is 14.7. The minimum Gasteiger partial charge on any atom is -0.478 e. The quantitative estimate of drug-likeness (QED) is 0.929. The van der Waals surface area contributed by atoms with E-state index in [4.69, 9.17) is 4.74 Å². The first-order valence-corrected chi connectivity index (χ1v) is 7.09. The monoisotopic (exact) mass is 291 g/mol. The van der Waals surface area contributed by atoms with Crippen LogP contribution in [0, 0.1) is 0 Å². The molecule has 0 radical (unpaired) electrons. The van der Waals surface area contributed by atoms with E-state index >= 15 is 0 Å². The highest BCUT2D eigenvalue weighted by molar-refractivity contribution is 5.98. The molecule has 0 saturated carbocycles. The molecule has 0 bridgehead atoms. The van der Waals surface area contributed by atoms with Crippen LogP contribution in [0.2, 0.25) is 0 Å². The summed E-state index contributed by atoms with van der Waals surface area (Å²) in [5.41, 5.74) is 1.34. The van der Waals surface area contributed by atoms with Crippen molar-refractivity contribution in [3.63, 3.8) is 0 Å². The van der Waals surface area contributed by atoms with Crippen LogP contribution >= 0.6 is 0 Å². The first-order valence-electron chi connectivity index (χ1n) is 7.09. The van der Waals surface area contributed by atoms with Crippen molar-refractivity contribution in [2.45, 2.75) is 39.2 Å². The van der Waals surface area contributed by atoms with Crippen LogP contribution in [0.3, 0.4) is 0 Å². The van der Waals surface area contributed by atoms with Crippen molar-refractivity contribution < 1.29 is 19.4 Å². The highest BCUT2D eigenvalue weighted by Gasteiger charge is 2.26. The van der Waals surface area contributed by atoms with Gasteiger partial charge in [-0.3, -0.25) is 4.79 Å². The molecule has 2 rings (SSSR count). The maximum absolute atomic E-state index is 12.3. The van der Waals surface area contributed by atoms with Crippen molar-refractivity contribution in [3.05, 3.63) is 29.3 Å². The Morgan fingerprint density at radius 3 is 2.67 bits per heavy atom. The van der Waals surface area contributed by atoms with Gasteiger partial charge in [-0.2, -0.15) is 0 Å². The smallest absolute Gasteiger partial charge is 0.336 e. The summed E-state index contributed by atoms with van der Waals surface area (Å²) in [6.07, 6.45) is 1.44. The molecule has 1 amide bonds. The average molecular weight is 291 g/mol. The van der Waals surface area contributed by atoms with E-state index in [1.165, 1.54) is 0 Å². The summed E-state index contributed by atoms with van der Waals surface area (Å²) < 4.78 is 5.53. The van der Waals surface area contributed by atoms with Crippen LogP contribution in [0.5, 0.6) is 0 Å². The lowest BCUT2D eigenvalue weighted by molar-refractivity contribution is -0.128. The lowest BCUT2D eigenvalue weighted by atomic mass is 9.96. The summed E-state index contributed by atoms with van der Waals surface area (Å²) in [4.78, 5) is 25.3. The van der Waals surface area contributed by atoms with Crippen LogP contribution in [-0.2, 0) is 16.0 Å². The summed E-state index contributed by atoms with van der Waals surface area (Å²) in [6, 6.07) is 5.06. The largest absolute Gasteiger partial charge is 0.478 e. The van der Waals surface area contributed by atoms with Gasteiger partial charge in [-0.25, -0.2) is 4.79 Å². The summed E-state index contributed by atoms with van der Waals surface area (Å²) >= 11 is 0. The molecule has 0 spiro atoms. The Labute approximate surface area is 124 Å². The lowest BCUT2D eigenvalue weighted by Gasteiger charge is -2.31. The Morgan fingerprint density at radius 1 is 1.33 bits per heavy atom. The minimum absolute atomic E-state index is 0.000237. The van der Waals surface area contributed by atoms with E-state index in [0.29, 0.717) is 18.7 Å². The summed E-state index contributed by atoms with van der Waals surface area (Å²) in [5, 5.41) is 9.25. The number of benzene rings is 1. The first kappa shape index (κ1) is 15.5. The van der Waals surface area contributed by atoms with Gasteiger partial charge in [0.05, 0.1) is 11.2 Å². The molecule has 0 saturated heterocycles. The van der Waals surface area contributed by atoms with Crippen LogP contribution in [-0.4, -0.2) is 35.7 Å². The maximum Gasteiger partial charge on any atom is 0.336 e. The molecular formula is C16H21NO4. The van der Waals surface area contributed by atoms with E-state index in [2.05, 4.69) is 0 Å². The maximum atomic E-state index is 12.3. The number of carboxylic acid groups (broad SMARTS) is 1. The molecule has 114 valence electrons. The van der Waals surface area contributed by atoms with Gasteiger partial charge in [0.25, 0.3) is 5.91 Å². The number of ether oxygens (including phenoxy) is 1. The zero-order valence-electron chi connectivity index (χ0n) is 12.7. The fraction of sp³-hybridized carbons (Fsp3) is 0.500. The number of fused-ring (bicyclic) bond motifs is 1. The van der Waals surface area contributed by atoms with E-state index in [1.807, 2.05) is 20.8 Å². The van der Waals surface area contributed by atoms with Crippen LogP contribution in [0.1, 0.15) is 43.1 Å². The number of carbonyl (C=O) groups is 2. The predicted octanol–water partition coefficient (Wildman–Crippen LogP) is 2.48. The fourth-order valence-corrected chi connectivity index (χ4v) is 2.44. The van der Waals surface area contributed by atoms with E-state index < -0.39 is 5.97 Å². The van der Waals surface area contributed by atoms with Crippen molar-refractivity contribution in [2.24, 2.45) is 0 Å². The Hall–Kier alpha value is -1.88. The third-order valence-corrected chi connectivity index (χ3v) is 3.41. The fourth-order valence-electron chi connectivity index (χ4n) is 2.44. The second-order valence-corrected chi connectivity index (χ2v) is 6.16. The number of hydrogen-bond acceptors (Lipinski definition) is 3. The van der Waals surface area contributed by atoms with Crippen molar-refractivity contribution >= 4 is 17.6 Å². The Kier molecular flexibility index (Phi) is 4.32. The number of carbonyl (C=O) groups excluding carboxylic acids is 1. The van der Waals surface area contributed by atoms with E-state index in [1.54, 1.807) is 23.1 Å². The lowest BCUT2D eigenvalue weighted by Crippen LogP contribution is -2.40. The third-order valence-electron chi connectivity index (χ3n) is 3.41. The van der Waals surface area contributed by atoms with Gasteiger partial charge in [0.2, 0.25) is 0 Å². The van der Waals surface area contributed by atoms with Gasteiger partial charge >= 0.3 is 5.97 Å². The molecular weight excluding hydrogens is 270 g/mol. The van der Waals surface area contributed by atoms with Gasteiger partial charge in [0.15, 0.2) is 0 Å². The van der Waals surface area contributed by atoms with E-state index in [0.717, 1.165) is 12.0 Å². The Morgan fingerprint density at radius 2 is 2.05 bits per heavy atom. The molecule has 0 aliphatic carbocycles. The number of amides is 1. The molecule has 1 N–H and O–H groups in total. The van der Waals surface area contributed by atoms with Gasteiger partial charge in [-0.05, 0) is 51.3 Å². The highest BCUT2D eigenvalue weighted by atomic mass is 16.5. The van der Waals surface area contributed by atoms with Crippen molar-refractivity contribution in [1.82, 2.24) is 0 Å². The molecule has 0 atom stereocenters. The highest BCUT2D eigenvalue weighted by Crippen LogP contribution is 2.30. The predicted molar refractivity (Wildman–Crippen MR) is 79.8 cm³/mol. The molecule has 0 aromatic heterocycles. The average Bonchev–Trinajstić information content (AvgIpc) is 2.42. The molecule has 1 heterocycles. The Bertz CT molecular complexity index is 560. The third kappa shape index (κ3) is 3.61. The number of aromatic carboxylic acids is 1. The SMILES string of the molecule is CC(C)(C)OCC(=O)N1CCCc2c(C(=O)O)cccc21. The van der Waals surface area contributed by atoms with Crippen LogP contribution < -0.4 is 4.90 Å². The van der Waals surface area contributed by atoms with Crippen LogP contribution in [0.25, 0.3) is 0 Å². The molecule has 0 unspecified atom stereocenters. The molecule has 1 aliphatic heterocycles. The number of carboxylic acids is 1. The van der Waals surface area contributed by atoms with E-state index in [9.17, 15) is 14.7 Å². The van der Waals surface area contributed by atoms with Gasteiger partial charge in [-0.15, -0.1) is 0 Å². The van der Waals surface area contributed by atoms with Gasteiger partial charge in [0.1, 0.15) is 6.61 Å². The Balaban J connectivity index is 2.24. The topological polar surface area (TPSA) is 66.8 Å². The first-order chi connectivity index (χ1) is 9.79. The number of nitrogens with zero attached hydrogens (tertiary/aromatic N) is 1. The van der Waals surface area contributed by atoms with Gasteiger partial charge < -0.3 is 14.7 Å². The molecule has 5 heteroatoms. The summed E-state index contributed by atoms with van der Waals surface area (Å²) in [7, 11) is 0. The zero-order valence-corrected chi connectivity index (χ0v) is 12.7. The van der Waals surface area contributed by atoms with Crippen molar-refractivity contribution in [1.29, 1.82) is 0 Å². The molecule has 1 aliphatic rings. The molecule has 1 aromatic carbocycles. The molecule has 1 aromatic rings. The minimum atomic E-state index is -0.952. The van der Waals surface area contributed by atoms with Crippen LogP contribution in [0.4, 0.5) is 5.69 Å². The number of rotatable bonds is 3. The van der Waals surface area contributed by atoms with Crippen molar-refractivity contribution in [3.8, 4) is 0 Å². The summed E-state index contributed by atoms with van der Waals surface area (Å²) in [6.45, 7) is 6.29. The van der Waals surface area contributed by atoms with Crippen LogP contribution in [0.15, 0.2) is 18.2 Å². The van der Waals surface area contributed by atoms with Gasteiger partial charge in [0, 0.05) is 12.2 Å². The van der Waals surface area contributed by atoms with Gasteiger partial charge in [-0.1, -0.05) is 6.07 Å². The van der Waals surface area contributed by atoms with E-state index in [-0.39, 0.29) is 23.7 Å². The zero-order chi connectivity index (χ0) is 15.6. The number of anilines is 1. The second-order valence-electron chi connectivity index (χ2n) is 6.16.